The van der Waals surface area contributed by atoms with Gasteiger partial charge in [-0.15, -0.1) is 0 Å². The van der Waals surface area contributed by atoms with E-state index in [9.17, 15) is 14.4 Å². The van der Waals surface area contributed by atoms with E-state index in [2.05, 4.69) is 20.2 Å². The lowest BCUT2D eigenvalue weighted by Gasteiger charge is -2.29. The van der Waals surface area contributed by atoms with Gasteiger partial charge in [0.1, 0.15) is 11.2 Å². The van der Waals surface area contributed by atoms with Crippen LogP contribution in [0, 0.1) is 11.8 Å². The highest BCUT2D eigenvalue weighted by molar-refractivity contribution is 6.05. The Kier molecular flexibility index (Phi) is 7.24. The molecule has 9 heteroatoms. The van der Waals surface area contributed by atoms with Crippen LogP contribution in [0.1, 0.15) is 73.3 Å². The number of carbonyl (C=O) groups is 3. The predicted molar refractivity (Wildman–Crippen MR) is 168 cm³/mol. The number of imidazole rings is 1. The molecule has 3 atom stereocenters. The number of carbonyl (C=O) groups excluding carboxylic acids is 2. The van der Waals surface area contributed by atoms with Crippen molar-refractivity contribution in [1.29, 1.82) is 0 Å². The topological polar surface area (TPSA) is 126 Å². The van der Waals surface area contributed by atoms with Crippen LogP contribution in [0.3, 0.4) is 0 Å². The summed E-state index contributed by atoms with van der Waals surface area (Å²) >= 11 is 0. The minimum atomic E-state index is -1.02. The van der Waals surface area contributed by atoms with Crippen LogP contribution in [-0.4, -0.2) is 43.0 Å². The summed E-state index contributed by atoms with van der Waals surface area (Å²) in [7, 11) is 0. The molecule has 3 saturated carbocycles. The van der Waals surface area contributed by atoms with Gasteiger partial charge in [-0.25, -0.2) is 9.78 Å². The van der Waals surface area contributed by atoms with Gasteiger partial charge >= 0.3 is 5.97 Å². The Balaban J connectivity index is 1.14. The second kappa shape index (κ2) is 11.4. The quantitative estimate of drug-likeness (QED) is 0.209. The standard InChI is InChI=1S/C35H35N5O4/c41-31(42)15-9-22-7-12-26(13-8-22)37-34(44)35(16-2-3-17-35)39-33(43)25-11-14-29-28(21-25)38-32(27-5-1-4-18-36-27)40(29)30-20-23-6-10-24(30)19-23/h1,4-5,7-9,11-15,18,21,23-24,30H,2-3,6,10,16-17,19-20H2,(H,37,44)(H,39,43)(H,41,42)/b15-9+/t23-,24+,30?/m0/s1. The maximum atomic E-state index is 13.7. The summed E-state index contributed by atoms with van der Waals surface area (Å²) in [4.78, 5) is 47.7. The van der Waals surface area contributed by atoms with Crippen LogP contribution >= 0.6 is 0 Å². The molecule has 2 amide bonds. The van der Waals surface area contributed by atoms with Gasteiger partial charge < -0.3 is 20.3 Å². The molecule has 3 N–H and O–H groups in total. The zero-order chi connectivity index (χ0) is 30.3. The lowest BCUT2D eigenvalue weighted by atomic mass is 9.94. The van der Waals surface area contributed by atoms with Gasteiger partial charge in [-0.1, -0.05) is 37.5 Å². The lowest BCUT2D eigenvalue weighted by molar-refractivity contribution is -0.131. The SMILES string of the molecule is O=C(O)/C=C/c1ccc(NC(=O)C2(NC(=O)c3ccc4c(c3)nc(-c3ccccn3)n4C3C[C@H]4CC[C@@H]3C4)CCCC2)cc1. The highest BCUT2D eigenvalue weighted by Crippen LogP contribution is 2.52. The largest absolute Gasteiger partial charge is 0.478 e. The summed E-state index contributed by atoms with van der Waals surface area (Å²) in [5, 5.41) is 14.9. The molecule has 44 heavy (non-hydrogen) atoms. The van der Waals surface area contributed by atoms with Gasteiger partial charge in [-0.2, -0.15) is 0 Å². The third-order valence-corrected chi connectivity index (χ3v) is 9.71. The summed E-state index contributed by atoms with van der Waals surface area (Å²) < 4.78 is 2.36. The maximum Gasteiger partial charge on any atom is 0.328 e. The number of aliphatic carboxylic acids is 1. The number of hydrogen-bond acceptors (Lipinski definition) is 5. The Morgan fingerprint density at radius 1 is 0.977 bits per heavy atom. The normalized spacial score (nSPS) is 22.0. The van der Waals surface area contributed by atoms with Crippen molar-refractivity contribution in [2.45, 2.75) is 62.9 Å². The third-order valence-electron chi connectivity index (χ3n) is 9.71. The van der Waals surface area contributed by atoms with Crippen molar-refractivity contribution in [3.63, 3.8) is 0 Å². The van der Waals surface area contributed by atoms with Crippen LogP contribution in [0.5, 0.6) is 0 Å². The lowest BCUT2D eigenvalue weighted by Crippen LogP contribution is -2.55. The molecule has 0 radical (unpaired) electrons. The van der Waals surface area contributed by atoms with E-state index in [1.165, 1.54) is 25.3 Å². The minimum Gasteiger partial charge on any atom is -0.478 e. The monoisotopic (exact) mass is 589 g/mol. The summed E-state index contributed by atoms with van der Waals surface area (Å²) in [6.07, 6.45) is 12.1. The summed E-state index contributed by atoms with van der Waals surface area (Å²) in [5.74, 6) is 0.670. The van der Waals surface area contributed by atoms with Crippen molar-refractivity contribution in [1.82, 2.24) is 19.9 Å². The Bertz CT molecular complexity index is 1760. The van der Waals surface area contributed by atoms with Crippen molar-refractivity contribution in [3.05, 3.63) is 84.1 Å². The van der Waals surface area contributed by atoms with Crippen molar-refractivity contribution < 1.29 is 19.5 Å². The van der Waals surface area contributed by atoms with Crippen LogP contribution in [0.25, 0.3) is 28.6 Å². The zero-order valence-electron chi connectivity index (χ0n) is 24.4. The smallest absolute Gasteiger partial charge is 0.328 e. The molecule has 3 fully saturated rings. The van der Waals surface area contributed by atoms with Gasteiger partial charge in [-0.05, 0) is 98.0 Å². The molecule has 224 valence electrons. The number of nitrogens with zero attached hydrogens (tertiary/aromatic N) is 3. The molecule has 3 aliphatic carbocycles. The van der Waals surface area contributed by atoms with E-state index in [0.717, 1.165) is 53.8 Å². The second-order valence-electron chi connectivity index (χ2n) is 12.5. The number of rotatable bonds is 8. The molecule has 4 aromatic rings. The number of amides is 2. The highest BCUT2D eigenvalue weighted by atomic mass is 16.4. The van der Waals surface area contributed by atoms with Gasteiger partial charge in [-0.3, -0.25) is 14.6 Å². The van der Waals surface area contributed by atoms with Gasteiger partial charge in [0.2, 0.25) is 5.91 Å². The molecule has 2 heterocycles. The van der Waals surface area contributed by atoms with Crippen LogP contribution in [0.4, 0.5) is 5.69 Å². The molecule has 7 rings (SSSR count). The Morgan fingerprint density at radius 2 is 1.80 bits per heavy atom. The van der Waals surface area contributed by atoms with Gasteiger partial charge in [0.25, 0.3) is 5.91 Å². The first-order chi connectivity index (χ1) is 21.4. The number of nitrogens with one attached hydrogen (secondary N) is 2. The number of anilines is 1. The molecule has 0 saturated heterocycles. The van der Waals surface area contributed by atoms with Crippen LogP contribution in [0.15, 0.2) is 72.9 Å². The van der Waals surface area contributed by atoms with Gasteiger partial charge in [0, 0.05) is 29.6 Å². The Morgan fingerprint density at radius 3 is 2.48 bits per heavy atom. The van der Waals surface area contributed by atoms with Crippen molar-refractivity contribution in [3.8, 4) is 11.5 Å². The van der Waals surface area contributed by atoms with E-state index in [1.807, 2.05) is 36.4 Å². The van der Waals surface area contributed by atoms with E-state index >= 15 is 0 Å². The van der Waals surface area contributed by atoms with E-state index in [1.54, 1.807) is 30.5 Å². The van der Waals surface area contributed by atoms with Crippen molar-refractivity contribution >= 4 is 40.6 Å². The number of hydrogen-bond donors (Lipinski definition) is 3. The Hall–Kier alpha value is -4.79. The average Bonchev–Trinajstić information content (AvgIpc) is 3.85. The van der Waals surface area contributed by atoms with Crippen LogP contribution < -0.4 is 10.6 Å². The molecule has 0 spiro atoms. The number of aromatic nitrogens is 3. The molecule has 2 aromatic carbocycles. The average molecular weight is 590 g/mol. The fourth-order valence-electron chi connectivity index (χ4n) is 7.55. The maximum absolute atomic E-state index is 13.7. The molecule has 2 bridgehead atoms. The number of fused-ring (bicyclic) bond motifs is 3. The van der Waals surface area contributed by atoms with Gasteiger partial charge in [0.15, 0.2) is 5.82 Å². The predicted octanol–water partition coefficient (Wildman–Crippen LogP) is 6.24. The number of carboxylic acid groups (broad SMARTS) is 1. The summed E-state index contributed by atoms with van der Waals surface area (Å²) in [5.41, 5.74) is 3.32. The summed E-state index contributed by atoms with van der Waals surface area (Å²) in [6.45, 7) is 0. The molecule has 2 aromatic heterocycles. The molecule has 9 nitrogen and oxygen atoms in total. The second-order valence-corrected chi connectivity index (χ2v) is 12.5. The van der Waals surface area contributed by atoms with Crippen molar-refractivity contribution in [2.75, 3.05) is 5.32 Å². The number of pyridine rings is 1. The first-order valence-corrected chi connectivity index (χ1v) is 15.5. The zero-order valence-corrected chi connectivity index (χ0v) is 24.4. The third kappa shape index (κ3) is 5.27. The number of benzene rings is 2. The van der Waals surface area contributed by atoms with E-state index in [0.29, 0.717) is 41.6 Å². The number of carboxylic acids is 1. The highest BCUT2D eigenvalue weighted by Gasteiger charge is 2.44. The fraction of sp³-hybridized carbons (Fsp3) is 0.343. The van der Waals surface area contributed by atoms with Crippen LogP contribution in [-0.2, 0) is 9.59 Å². The van der Waals surface area contributed by atoms with Crippen LogP contribution in [0.2, 0.25) is 0 Å². The molecule has 3 aliphatic rings. The molecule has 0 aliphatic heterocycles. The fourth-order valence-corrected chi connectivity index (χ4v) is 7.55. The molecule has 1 unspecified atom stereocenters. The van der Waals surface area contributed by atoms with Crippen molar-refractivity contribution in [2.24, 2.45) is 11.8 Å². The van der Waals surface area contributed by atoms with Gasteiger partial charge in [0.05, 0.1) is 11.0 Å². The Labute approximate surface area is 255 Å². The van der Waals surface area contributed by atoms with E-state index in [-0.39, 0.29) is 11.8 Å². The first kappa shape index (κ1) is 28.0. The first-order valence-electron chi connectivity index (χ1n) is 15.5. The van der Waals surface area contributed by atoms with E-state index in [4.69, 9.17) is 10.1 Å². The molecular formula is C35H35N5O4. The minimum absolute atomic E-state index is 0.253. The van der Waals surface area contributed by atoms with E-state index < -0.39 is 11.5 Å². The molecular weight excluding hydrogens is 554 g/mol. The summed E-state index contributed by atoms with van der Waals surface area (Å²) in [6, 6.07) is 18.8.